The number of amides is 1. The van der Waals surface area contributed by atoms with Gasteiger partial charge in [-0.2, -0.15) is 0 Å². The van der Waals surface area contributed by atoms with E-state index in [1.54, 1.807) is 0 Å². The van der Waals surface area contributed by atoms with Crippen LogP contribution in [-0.2, 0) is 16.6 Å². The third kappa shape index (κ3) is 6.52. The lowest BCUT2D eigenvalue weighted by molar-refractivity contribution is -0.116. The van der Waals surface area contributed by atoms with Crippen molar-refractivity contribution in [2.45, 2.75) is 39.0 Å². The summed E-state index contributed by atoms with van der Waals surface area (Å²) in [6, 6.07) is 15.9. The van der Waals surface area contributed by atoms with Crippen molar-refractivity contribution < 1.29 is 4.79 Å². The van der Waals surface area contributed by atoms with Crippen LogP contribution >= 0.6 is 11.6 Å². The van der Waals surface area contributed by atoms with Crippen molar-refractivity contribution in [2.24, 2.45) is 0 Å². The van der Waals surface area contributed by atoms with Crippen LogP contribution in [0.15, 0.2) is 48.5 Å². The summed E-state index contributed by atoms with van der Waals surface area (Å²) in [6.45, 7) is 7.93. The van der Waals surface area contributed by atoms with Gasteiger partial charge in [0.15, 0.2) is 0 Å². The molecule has 2 aromatic carbocycles. The predicted molar refractivity (Wildman–Crippen MR) is 106 cm³/mol. The standard InChI is InChI=1S/C21H27ClN2O/c1-21(2,3)18-9-4-5-10-19(18)24-20(25)12-14-23-13-11-16-7-6-8-17(22)15-16/h4-10,15,23H,11-14H2,1-3H3,(H,24,25). The zero-order chi connectivity index (χ0) is 18.3. The van der Waals surface area contributed by atoms with E-state index in [0.717, 1.165) is 29.2 Å². The first-order valence-corrected chi connectivity index (χ1v) is 9.08. The van der Waals surface area contributed by atoms with Crippen molar-refractivity contribution in [3.8, 4) is 0 Å². The lowest BCUT2D eigenvalue weighted by Crippen LogP contribution is -2.24. The molecule has 2 N–H and O–H groups in total. The molecule has 0 atom stereocenters. The maximum absolute atomic E-state index is 12.2. The van der Waals surface area contributed by atoms with Gasteiger partial charge in [-0.25, -0.2) is 0 Å². The van der Waals surface area contributed by atoms with E-state index in [1.165, 1.54) is 5.56 Å². The molecular formula is C21H27ClN2O. The molecule has 1 amide bonds. The minimum absolute atomic E-state index is 0.000912. The second kappa shape index (κ2) is 9.02. The fourth-order valence-corrected chi connectivity index (χ4v) is 2.92. The Kier molecular flexibility index (Phi) is 7.03. The first kappa shape index (κ1) is 19.5. The Morgan fingerprint density at radius 3 is 2.52 bits per heavy atom. The molecule has 0 saturated heterocycles. The Bertz CT molecular complexity index is 707. The lowest BCUT2D eigenvalue weighted by Gasteiger charge is -2.23. The Hall–Kier alpha value is -1.84. The molecule has 0 aromatic heterocycles. The Morgan fingerprint density at radius 2 is 1.80 bits per heavy atom. The average molecular weight is 359 g/mol. The summed E-state index contributed by atoms with van der Waals surface area (Å²) in [5.41, 5.74) is 3.25. The van der Waals surface area contributed by atoms with Gasteiger partial charge in [0.1, 0.15) is 0 Å². The summed E-state index contributed by atoms with van der Waals surface area (Å²) in [5, 5.41) is 7.11. The zero-order valence-electron chi connectivity index (χ0n) is 15.2. The van der Waals surface area contributed by atoms with Crippen molar-refractivity contribution in [1.29, 1.82) is 0 Å². The fourth-order valence-electron chi connectivity index (χ4n) is 2.71. The Morgan fingerprint density at radius 1 is 1.04 bits per heavy atom. The van der Waals surface area contributed by atoms with Crippen molar-refractivity contribution in [3.63, 3.8) is 0 Å². The van der Waals surface area contributed by atoms with Gasteiger partial charge in [-0.3, -0.25) is 4.79 Å². The van der Waals surface area contributed by atoms with E-state index < -0.39 is 0 Å². The van der Waals surface area contributed by atoms with Gasteiger partial charge in [-0.1, -0.05) is 62.7 Å². The van der Waals surface area contributed by atoms with E-state index in [1.807, 2.05) is 36.4 Å². The molecule has 0 aliphatic rings. The maximum atomic E-state index is 12.2. The second-order valence-electron chi connectivity index (χ2n) is 7.22. The number of rotatable bonds is 7. The summed E-state index contributed by atoms with van der Waals surface area (Å²) >= 11 is 5.97. The summed E-state index contributed by atoms with van der Waals surface area (Å²) in [6.07, 6.45) is 1.35. The van der Waals surface area contributed by atoms with Gasteiger partial charge >= 0.3 is 0 Å². The first-order valence-electron chi connectivity index (χ1n) is 8.71. The van der Waals surface area contributed by atoms with Crippen LogP contribution in [0.2, 0.25) is 5.02 Å². The first-order chi connectivity index (χ1) is 11.9. The monoisotopic (exact) mass is 358 g/mol. The van der Waals surface area contributed by atoms with E-state index in [4.69, 9.17) is 11.6 Å². The molecule has 3 nitrogen and oxygen atoms in total. The summed E-state index contributed by atoms with van der Waals surface area (Å²) < 4.78 is 0. The third-order valence-electron chi connectivity index (χ3n) is 4.02. The van der Waals surface area contributed by atoms with Crippen LogP contribution in [-0.4, -0.2) is 19.0 Å². The van der Waals surface area contributed by atoms with Crippen LogP contribution in [0.25, 0.3) is 0 Å². The molecule has 2 rings (SSSR count). The van der Waals surface area contributed by atoms with Gasteiger partial charge in [0.05, 0.1) is 0 Å². The molecule has 0 heterocycles. The van der Waals surface area contributed by atoms with Crippen LogP contribution in [0.1, 0.15) is 38.3 Å². The molecular weight excluding hydrogens is 332 g/mol. The van der Waals surface area contributed by atoms with Crippen LogP contribution in [0.5, 0.6) is 0 Å². The van der Waals surface area contributed by atoms with Crippen molar-refractivity contribution in [3.05, 3.63) is 64.7 Å². The highest BCUT2D eigenvalue weighted by atomic mass is 35.5. The quantitative estimate of drug-likeness (QED) is 0.698. The van der Waals surface area contributed by atoms with Gasteiger partial charge in [-0.15, -0.1) is 0 Å². The van der Waals surface area contributed by atoms with Gasteiger partial charge in [0.2, 0.25) is 5.91 Å². The van der Waals surface area contributed by atoms with E-state index >= 15 is 0 Å². The second-order valence-corrected chi connectivity index (χ2v) is 7.66. The predicted octanol–water partition coefficient (Wildman–Crippen LogP) is 4.80. The van der Waals surface area contributed by atoms with E-state index in [-0.39, 0.29) is 11.3 Å². The van der Waals surface area contributed by atoms with Crippen molar-refractivity contribution in [1.82, 2.24) is 5.32 Å². The van der Waals surface area contributed by atoms with Crippen LogP contribution in [0.3, 0.4) is 0 Å². The zero-order valence-corrected chi connectivity index (χ0v) is 16.0. The smallest absolute Gasteiger partial charge is 0.225 e. The molecule has 4 heteroatoms. The molecule has 0 aliphatic carbocycles. The molecule has 0 bridgehead atoms. The largest absolute Gasteiger partial charge is 0.326 e. The van der Waals surface area contributed by atoms with Crippen LogP contribution < -0.4 is 10.6 Å². The number of carbonyl (C=O) groups excluding carboxylic acids is 1. The SMILES string of the molecule is CC(C)(C)c1ccccc1NC(=O)CCNCCc1cccc(Cl)c1. The molecule has 2 aromatic rings. The highest BCUT2D eigenvalue weighted by Gasteiger charge is 2.18. The summed E-state index contributed by atoms with van der Waals surface area (Å²) in [5.74, 6) is 0.0342. The van der Waals surface area contributed by atoms with E-state index in [2.05, 4.69) is 43.5 Å². The molecule has 0 unspecified atom stereocenters. The number of nitrogens with one attached hydrogen (secondary N) is 2. The molecule has 0 radical (unpaired) electrons. The highest BCUT2D eigenvalue weighted by molar-refractivity contribution is 6.30. The van der Waals surface area contributed by atoms with Crippen LogP contribution in [0.4, 0.5) is 5.69 Å². The van der Waals surface area contributed by atoms with Crippen molar-refractivity contribution in [2.75, 3.05) is 18.4 Å². The molecule has 0 fully saturated rings. The normalized spacial score (nSPS) is 11.4. The Balaban J connectivity index is 1.75. The van der Waals surface area contributed by atoms with Gasteiger partial charge in [0.25, 0.3) is 0 Å². The summed E-state index contributed by atoms with van der Waals surface area (Å²) in [4.78, 5) is 12.2. The van der Waals surface area contributed by atoms with Gasteiger partial charge < -0.3 is 10.6 Å². The van der Waals surface area contributed by atoms with Gasteiger partial charge in [-0.05, 0) is 47.7 Å². The number of halogens is 1. The number of anilines is 1. The summed E-state index contributed by atoms with van der Waals surface area (Å²) in [7, 11) is 0. The van der Waals surface area contributed by atoms with E-state index in [9.17, 15) is 4.79 Å². The third-order valence-corrected chi connectivity index (χ3v) is 4.25. The van der Waals surface area contributed by atoms with Crippen molar-refractivity contribution >= 4 is 23.2 Å². The number of hydrogen-bond acceptors (Lipinski definition) is 2. The number of benzene rings is 2. The minimum atomic E-state index is -0.000912. The molecule has 0 spiro atoms. The van der Waals surface area contributed by atoms with E-state index in [0.29, 0.717) is 13.0 Å². The lowest BCUT2D eigenvalue weighted by atomic mass is 9.86. The maximum Gasteiger partial charge on any atom is 0.225 e. The van der Waals surface area contributed by atoms with Crippen LogP contribution in [0, 0.1) is 0 Å². The molecule has 0 saturated carbocycles. The van der Waals surface area contributed by atoms with Gasteiger partial charge in [0, 0.05) is 23.7 Å². The average Bonchev–Trinajstić information content (AvgIpc) is 2.54. The number of carbonyl (C=O) groups is 1. The Labute approximate surface area is 155 Å². The number of para-hydroxylation sites is 1. The molecule has 0 aliphatic heterocycles. The molecule has 134 valence electrons. The topological polar surface area (TPSA) is 41.1 Å². The minimum Gasteiger partial charge on any atom is -0.326 e. The highest BCUT2D eigenvalue weighted by Crippen LogP contribution is 2.29. The molecule has 25 heavy (non-hydrogen) atoms. The fraction of sp³-hybridized carbons (Fsp3) is 0.381. The number of hydrogen-bond donors (Lipinski definition) is 2.